The number of nitrogens with zero attached hydrogens (tertiary/aromatic N) is 1. The topological polar surface area (TPSA) is 44.6 Å². The second kappa shape index (κ2) is 7.49. The van der Waals surface area contributed by atoms with E-state index in [0.717, 1.165) is 19.4 Å². The minimum Gasteiger partial charge on any atom is -0.215 e. The van der Waals surface area contributed by atoms with Crippen LogP contribution < -0.4 is 11.0 Å². The van der Waals surface area contributed by atoms with Crippen molar-refractivity contribution in [1.29, 1.82) is 0 Å². The highest BCUT2D eigenvalue weighted by molar-refractivity contribution is 4.46. The predicted molar refractivity (Wildman–Crippen MR) is 44.9 cm³/mol. The van der Waals surface area contributed by atoms with Gasteiger partial charge in [-0.15, -0.1) is 4.99 Å². The number of rotatable bonds is 0. The van der Waals surface area contributed by atoms with Gasteiger partial charge in [0.25, 0.3) is 0 Å². The molecular formula is C8H17N2O2. The maximum Gasteiger partial charge on any atom is 0.0843 e. The molecule has 0 aromatic carbocycles. The molecule has 0 atom stereocenters. The van der Waals surface area contributed by atoms with Crippen molar-refractivity contribution in [1.82, 2.24) is 11.0 Å². The summed E-state index contributed by atoms with van der Waals surface area (Å²) in [6, 6.07) is 0. The summed E-state index contributed by atoms with van der Waals surface area (Å²) in [5.41, 5.74) is 6.31. The van der Waals surface area contributed by atoms with Gasteiger partial charge in [0, 0.05) is 12.1 Å². The van der Waals surface area contributed by atoms with Crippen molar-refractivity contribution in [2.24, 2.45) is 0 Å². The summed E-state index contributed by atoms with van der Waals surface area (Å²) in [5, 5.41) is 0. The lowest BCUT2D eigenvalue weighted by Crippen LogP contribution is -2.26. The van der Waals surface area contributed by atoms with E-state index in [2.05, 4.69) is 16.0 Å². The van der Waals surface area contributed by atoms with Crippen LogP contribution in [-0.2, 0) is 9.88 Å². The fourth-order valence-corrected chi connectivity index (χ4v) is 1.21. The standard InChI is InChI=1S/C8H17N2O2/c1-2-4-6-8-11-12-10-9-7-5-3-1/h9H,1-8H2. The van der Waals surface area contributed by atoms with Crippen LogP contribution in [0.25, 0.3) is 0 Å². The minimum atomic E-state index is 0.644. The van der Waals surface area contributed by atoms with E-state index in [4.69, 9.17) is 4.89 Å². The number of hydrogen-bond donors (Lipinski definition) is 1. The summed E-state index contributed by atoms with van der Waals surface area (Å²) in [4.78, 5) is 9.30. The first-order chi connectivity index (χ1) is 6.00. The number of nitrogens with one attached hydrogen (secondary N) is 1. The van der Waals surface area contributed by atoms with Gasteiger partial charge < -0.3 is 0 Å². The van der Waals surface area contributed by atoms with Crippen molar-refractivity contribution in [2.45, 2.75) is 38.5 Å². The Hall–Kier alpha value is -0.160. The summed E-state index contributed by atoms with van der Waals surface area (Å²) < 4.78 is 0. The highest BCUT2D eigenvalue weighted by Crippen LogP contribution is 2.05. The van der Waals surface area contributed by atoms with E-state index >= 15 is 0 Å². The van der Waals surface area contributed by atoms with Crippen molar-refractivity contribution >= 4 is 0 Å². The monoisotopic (exact) mass is 173 g/mol. The van der Waals surface area contributed by atoms with Crippen LogP contribution in [-0.4, -0.2) is 13.2 Å². The smallest absolute Gasteiger partial charge is 0.0843 e. The summed E-state index contributed by atoms with van der Waals surface area (Å²) >= 11 is 0. The highest BCUT2D eigenvalue weighted by Gasteiger charge is 1.96. The van der Waals surface area contributed by atoms with E-state index in [1.165, 1.54) is 25.7 Å². The summed E-state index contributed by atoms with van der Waals surface area (Å²) in [6.07, 6.45) is 7.37. The Morgan fingerprint density at radius 2 is 1.67 bits per heavy atom. The molecule has 0 aliphatic carbocycles. The van der Waals surface area contributed by atoms with Crippen LogP contribution in [0.3, 0.4) is 0 Å². The third-order valence-electron chi connectivity index (χ3n) is 1.92. The molecule has 1 fully saturated rings. The molecule has 71 valence electrons. The quantitative estimate of drug-likeness (QED) is 0.562. The van der Waals surface area contributed by atoms with Crippen LogP contribution in [0.5, 0.6) is 0 Å². The van der Waals surface area contributed by atoms with Crippen LogP contribution in [0.2, 0.25) is 0 Å². The van der Waals surface area contributed by atoms with Gasteiger partial charge in [-0.3, -0.25) is 0 Å². The molecule has 12 heavy (non-hydrogen) atoms. The van der Waals surface area contributed by atoms with Crippen LogP contribution in [0.15, 0.2) is 0 Å². The zero-order valence-electron chi connectivity index (χ0n) is 7.42. The van der Waals surface area contributed by atoms with E-state index in [-0.39, 0.29) is 0 Å². The largest absolute Gasteiger partial charge is 0.215 e. The SMILES string of the molecule is C1CCCCOO[N]NCCC1. The average Bonchev–Trinajstić information content (AvgIpc) is 2.05. The predicted octanol–water partition coefficient (Wildman–Crippen LogP) is 1.31. The average molecular weight is 173 g/mol. The van der Waals surface area contributed by atoms with Gasteiger partial charge in [0.05, 0.1) is 6.61 Å². The fraction of sp³-hybridized carbons (Fsp3) is 1.00. The zero-order chi connectivity index (χ0) is 8.49. The molecule has 1 N–H and O–H groups in total. The zero-order valence-corrected chi connectivity index (χ0v) is 7.42. The molecule has 0 unspecified atom stereocenters. The van der Waals surface area contributed by atoms with E-state index < -0.39 is 0 Å². The molecule has 0 saturated carbocycles. The normalized spacial score (nSPS) is 24.0. The molecule has 0 aromatic rings. The molecule has 0 spiro atoms. The van der Waals surface area contributed by atoms with Gasteiger partial charge in [-0.2, -0.15) is 0 Å². The third-order valence-corrected chi connectivity index (χ3v) is 1.92. The molecule has 0 aromatic heterocycles. The molecule has 1 aliphatic heterocycles. The maximum atomic E-state index is 4.78. The minimum absolute atomic E-state index is 0.644. The van der Waals surface area contributed by atoms with Crippen LogP contribution in [0, 0.1) is 0 Å². The third kappa shape index (κ3) is 5.49. The molecule has 1 heterocycles. The Morgan fingerprint density at radius 1 is 0.917 bits per heavy atom. The Balaban J connectivity index is 2.00. The van der Waals surface area contributed by atoms with Crippen LogP contribution in [0.1, 0.15) is 38.5 Å². The van der Waals surface area contributed by atoms with Gasteiger partial charge in [-0.1, -0.05) is 25.7 Å². The van der Waals surface area contributed by atoms with Gasteiger partial charge >= 0.3 is 0 Å². The molecule has 0 bridgehead atoms. The van der Waals surface area contributed by atoms with E-state index in [9.17, 15) is 0 Å². The van der Waals surface area contributed by atoms with Crippen LogP contribution >= 0.6 is 0 Å². The van der Waals surface area contributed by atoms with Crippen molar-refractivity contribution in [3.63, 3.8) is 0 Å². The molecule has 1 aliphatic rings. The molecular weight excluding hydrogens is 156 g/mol. The molecule has 1 rings (SSSR count). The van der Waals surface area contributed by atoms with Gasteiger partial charge in [-0.25, -0.2) is 10.3 Å². The van der Waals surface area contributed by atoms with Gasteiger partial charge in [-0.05, 0) is 12.8 Å². The summed E-state index contributed by atoms with van der Waals surface area (Å²) in [7, 11) is 0. The van der Waals surface area contributed by atoms with Gasteiger partial charge in [0.2, 0.25) is 0 Å². The van der Waals surface area contributed by atoms with Gasteiger partial charge in [0.15, 0.2) is 0 Å². The number of hydrogen-bond acceptors (Lipinski definition) is 3. The first-order valence-corrected chi connectivity index (χ1v) is 4.72. The first-order valence-electron chi connectivity index (χ1n) is 4.72. The second-order valence-electron chi connectivity index (χ2n) is 3.02. The van der Waals surface area contributed by atoms with E-state index in [0.29, 0.717) is 6.61 Å². The molecule has 4 nitrogen and oxygen atoms in total. The first kappa shape index (κ1) is 9.92. The Labute approximate surface area is 73.5 Å². The van der Waals surface area contributed by atoms with Crippen molar-refractivity contribution in [3.8, 4) is 0 Å². The lowest BCUT2D eigenvalue weighted by molar-refractivity contribution is -0.350. The molecule has 4 heteroatoms. The lowest BCUT2D eigenvalue weighted by atomic mass is 10.1. The maximum absolute atomic E-state index is 4.78. The van der Waals surface area contributed by atoms with Crippen molar-refractivity contribution < 1.29 is 9.88 Å². The Morgan fingerprint density at radius 3 is 2.58 bits per heavy atom. The lowest BCUT2D eigenvalue weighted by Gasteiger charge is -2.06. The molecule has 1 saturated heterocycles. The van der Waals surface area contributed by atoms with E-state index in [1.54, 1.807) is 0 Å². The second-order valence-corrected chi connectivity index (χ2v) is 3.02. The molecule has 0 amide bonds. The Bertz CT molecular complexity index is 58.0. The Kier molecular flexibility index (Phi) is 6.19. The van der Waals surface area contributed by atoms with Crippen LogP contribution in [0.4, 0.5) is 0 Å². The summed E-state index contributed by atoms with van der Waals surface area (Å²) in [6.45, 7) is 1.52. The molecule has 1 radical (unpaired) electrons. The van der Waals surface area contributed by atoms with Gasteiger partial charge in [0.1, 0.15) is 0 Å². The van der Waals surface area contributed by atoms with E-state index in [1.807, 2.05) is 0 Å². The van der Waals surface area contributed by atoms with Crippen molar-refractivity contribution in [2.75, 3.05) is 13.2 Å². The van der Waals surface area contributed by atoms with Crippen molar-refractivity contribution in [3.05, 3.63) is 0 Å². The fourth-order valence-electron chi connectivity index (χ4n) is 1.21. The highest BCUT2D eigenvalue weighted by atomic mass is 17.3. The summed E-state index contributed by atoms with van der Waals surface area (Å²) in [5.74, 6) is 0.